The minimum absolute atomic E-state index is 0.0290. The Bertz CT molecular complexity index is 416. The Balaban J connectivity index is 3.84. The van der Waals surface area contributed by atoms with Gasteiger partial charge in [-0.1, -0.05) is 13.8 Å². The summed E-state index contributed by atoms with van der Waals surface area (Å²) in [5.41, 5.74) is -0.534. The molecule has 0 saturated carbocycles. The number of ether oxygens (including phenoxy) is 2. The Hall–Kier alpha value is -2.12. The van der Waals surface area contributed by atoms with E-state index in [4.69, 9.17) is 19.7 Å². The van der Waals surface area contributed by atoms with Crippen LogP contribution in [-0.2, 0) is 28.7 Å². The van der Waals surface area contributed by atoms with Crippen LogP contribution < -0.4 is 0 Å². The molecule has 0 aromatic carbocycles. The summed E-state index contributed by atoms with van der Waals surface area (Å²) in [4.78, 5) is 43.9. The number of hydrogen-bond acceptors (Lipinski definition) is 6. The van der Waals surface area contributed by atoms with Crippen LogP contribution in [-0.4, -0.2) is 47.3 Å². The Morgan fingerprint density at radius 3 is 1.32 bits per heavy atom. The van der Waals surface area contributed by atoms with Crippen LogP contribution >= 0.6 is 0 Å². The van der Waals surface area contributed by atoms with Crippen molar-refractivity contribution in [2.24, 2.45) is 5.41 Å². The second kappa shape index (κ2) is 12.3. The molecule has 25 heavy (non-hydrogen) atoms. The molecule has 0 aromatic heterocycles. The lowest BCUT2D eigenvalue weighted by molar-refractivity contribution is -0.153. The molecule has 8 nitrogen and oxygen atoms in total. The largest absolute Gasteiger partial charge is 0.481 e. The highest BCUT2D eigenvalue weighted by Gasteiger charge is 2.22. The minimum atomic E-state index is -0.890. The van der Waals surface area contributed by atoms with Gasteiger partial charge in [0.2, 0.25) is 0 Å². The minimum Gasteiger partial charge on any atom is -0.481 e. The monoisotopic (exact) mass is 360 g/mol. The smallest absolute Gasteiger partial charge is 0.305 e. The molecule has 0 aromatic rings. The fourth-order valence-electron chi connectivity index (χ4n) is 1.83. The fourth-order valence-corrected chi connectivity index (χ4v) is 1.83. The van der Waals surface area contributed by atoms with Crippen molar-refractivity contribution in [3.63, 3.8) is 0 Å². The summed E-state index contributed by atoms with van der Waals surface area (Å²) in [6.07, 6.45) is 2.14. The van der Waals surface area contributed by atoms with Crippen LogP contribution in [0.2, 0.25) is 0 Å². The predicted octanol–water partition coefficient (Wildman–Crippen LogP) is 2.39. The van der Waals surface area contributed by atoms with E-state index >= 15 is 0 Å². The zero-order valence-electron chi connectivity index (χ0n) is 14.9. The van der Waals surface area contributed by atoms with Gasteiger partial charge in [0.15, 0.2) is 0 Å². The summed E-state index contributed by atoms with van der Waals surface area (Å²) in [5, 5.41) is 17.0. The normalized spacial score (nSPS) is 11.0. The zero-order chi connectivity index (χ0) is 19.3. The van der Waals surface area contributed by atoms with Crippen molar-refractivity contribution in [2.75, 3.05) is 13.2 Å². The predicted molar refractivity (Wildman–Crippen MR) is 87.9 cm³/mol. The molecular formula is C17H28O8. The zero-order valence-corrected chi connectivity index (χ0v) is 14.9. The number of carbonyl (C=O) groups excluding carboxylic acids is 2. The van der Waals surface area contributed by atoms with E-state index in [1.165, 1.54) is 0 Å². The second-order valence-electron chi connectivity index (χ2n) is 6.69. The molecule has 2 N–H and O–H groups in total. The van der Waals surface area contributed by atoms with Gasteiger partial charge in [0.05, 0.1) is 13.2 Å². The number of esters is 2. The van der Waals surface area contributed by atoms with Gasteiger partial charge in [-0.3, -0.25) is 19.2 Å². The molecule has 0 fully saturated rings. The van der Waals surface area contributed by atoms with E-state index in [2.05, 4.69) is 0 Å². The number of carbonyl (C=O) groups is 4. The van der Waals surface area contributed by atoms with Gasteiger partial charge in [0, 0.05) is 31.1 Å². The summed E-state index contributed by atoms with van der Waals surface area (Å²) in [5.74, 6) is -2.59. The maximum atomic E-state index is 11.6. The lowest BCUT2D eigenvalue weighted by Crippen LogP contribution is -2.28. The molecule has 0 radical (unpaired) electrons. The highest BCUT2D eigenvalue weighted by atomic mass is 16.5. The van der Waals surface area contributed by atoms with E-state index in [0.717, 1.165) is 0 Å². The van der Waals surface area contributed by atoms with E-state index in [1.807, 2.05) is 0 Å². The Labute approximate surface area is 147 Å². The van der Waals surface area contributed by atoms with Gasteiger partial charge in [-0.05, 0) is 25.7 Å². The van der Waals surface area contributed by atoms with E-state index in [-0.39, 0.29) is 38.9 Å². The van der Waals surface area contributed by atoms with Crippen molar-refractivity contribution in [1.29, 1.82) is 0 Å². The third kappa shape index (κ3) is 15.2. The number of rotatable bonds is 14. The lowest BCUT2D eigenvalue weighted by atomic mass is 9.96. The molecule has 0 atom stereocenters. The first-order chi connectivity index (χ1) is 11.6. The number of carboxylic acids is 2. The van der Waals surface area contributed by atoms with E-state index in [9.17, 15) is 19.2 Å². The van der Waals surface area contributed by atoms with Gasteiger partial charge in [0.25, 0.3) is 0 Å². The van der Waals surface area contributed by atoms with Gasteiger partial charge in [-0.2, -0.15) is 0 Å². The molecule has 0 heterocycles. The third-order valence-electron chi connectivity index (χ3n) is 3.29. The van der Waals surface area contributed by atoms with Gasteiger partial charge >= 0.3 is 23.9 Å². The van der Waals surface area contributed by atoms with Crippen molar-refractivity contribution in [1.82, 2.24) is 0 Å². The molecule has 0 rings (SSSR count). The third-order valence-corrected chi connectivity index (χ3v) is 3.29. The van der Waals surface area contributed by atoms with Crippen LogP contribution in [0, 0.1) is 5.41 Å². The number of aliphatic carboxylic acids is 2. The first-order valence-corrected chi connectivity index (χ1v) is 8.37. The first kappa shape index (κ1) is 22.9. The summed E-state index contributed by atoms with van der Waals surface area (Å²) in [6.45, 7) is 3.78. The van der Waals surface area contributed by atoms with Crippen molar-refractivity contribution in [3.05, 3.63) is 0 Å². The molecule has 0 amide bonds. The SMILES string of the molecule is CC(C)(COC(=O)CCCCC(=O)O)COC(=O)CCCCC(=O)O. The summed E-state index contributed by atoms with van der Waals surface area (Å²) in [6, 6.07) is 0. The molecule has 144 valence electrons. The van der Waals surface area contributed by atoms with Gasteiger partial charge in [-0.25, -0.2) is 0 Å². The molecule has 0 aliphatic carbocycles. The lowest BCUT2D eigenvalue weighted by Gasteiger charge is -2.23. The Morgan fingerprint density at radius 2 is 1.00 bits per heavy atom. The van der Waals surface area contributed by atoms with Crippen LogP contribution in [0.5, 0.6) is 0 Å². The van der Waals surface area contributed by atoms with E-state index in [1.54, 1.807) is 13.8 Å². The quantitative estimate of drug-likeness (QED) is 0.357. The van der Waals surface area contributed by atoms with Gasteiger partial charge in [0.1, 0.15) is 0 Å². The topological polar surface area (TPSA) is 127 Å². The van der Waals surface area contributed by atoms with Crippen LogP contribution in [0.4, 0.5) is 0 Å². The molecule has 0 saturated heterocycles. The van der Waals surface area contributed by atoms with Crippen molar-refractivity contribution in [2.45, 2.75) is 65.2 Å². The average Bonchev–Trinajstić information content (AvgIpc) is 2.51. The molecule has 0 aliphatic heterocycles. The summed E-state index contributed by atoms with van der Waals surface area (Å²) < 4.78 is 10.3. The van der Waals surface area contributed by atoms with E-state index < -0.39 is 29.3 Å². The molecule has 8 heteroatoms. The summed E-state index contributed by atoms with van der Waals surface area (Å²) in [7, 11) is 0. The Morgan fingerprint density at radius 1 is 0.680 bits per heavy atom. The molecular weight excluding hydrogens is 332 g/mol. The highest BCUT2D eigenvalue weighted by Crippen LogP contribution is 2.17. The van der Waals surface area contributed by atoms with Gasteiger partial charge in [-0.15, -0.1) is 0 Å². The first-order valence-electron chi connectivity index (χ1n) is 8.37. The van der Waals surface area contributed by atoms with Crippen LogP contribution in [0.3, 0.4) is 0 Å². The van der Waals surface area contributed by atoms with Crippen LogP contribution in [0.15, 0.2) is 0 Å². The van der Waals surface area contributed by atoms with Crippen molar-refractivity contribution >= 4 is 23.9 Å². The number of unbranched alkanes of at least 4 members (excludes halogenated alkanes) is 2. The van der Waals surface area contributed by atoms with Crippen molar-refractivity contribution in [3.8, 4) is 0 Å². The maximum Gasteiger partial charge on any atom is 0.305 e. The second-order valence-corrected chi connectivity index (χ2v) is 6.69. The van der Waals surface area contributed by atoms with Crippen LogP contribution in [0.1, 0.15) is 65.2 Å². The fraction of sp³-hybridized carbons (Fsp3) is 0.765. The van der Waals surface area contributed by atoms with Gasteiger partial charge < -0.3 is 19.7 Å². The molecule has 0 aliphatic rings. The molecule has 0 spiro atoms. The van der Waals surface area contributed by atoms with E-state index in [0.29, 0.717) is 25.7 Å². The summed E-state index contributed by atoms with van der Waals surface area (Å²) >= 11 is 0. The average molecular weight is 360 g/mol. The molecule has 0 bridgehead atoms. The number of hydrogen-bond donors (Lipinski definition) is 2. The Kier molecular flexibility index (Phi) is 11.2. The standard InChI is InChI=1S/C17H28O8/c1-17(2,11-24-15(22)9-5-3-7-13(18)19)12-25-16(23)10-6-4-8-14(20)21/h3-12H2,1-2H3,(H,18,19)(H,20,21). The van der Waals surface area contributed by atoms with Crippen molar-refractivity contribution < 1.29 is 38.9 Å². The van der Waals surface area contributed by atoms with Crippen LogP contribution in [0.25, 0.3) is 0 Å². The number of carboxylic acid groups (broad SMARTS) is 2. The maximum absolute atomic E-state index is 11.6. The highest BCUT2D eigenvalue weighted by molar-refractivity contribution is 5.70. The molecule has 0 unspecified atom stereocenters.